The lowest BCUT2D eigenvalue weighted by atomic mass is 10.00. The van der Waals surface area contributed by atoms with Gasteiger partial charge in [-0.3, -0.25) is 9.59 Å². The van der Waals surface area contributed by atoms with E-state index in [1.807, 2.05) is 0 Å². The molecule has 5 heteroatoms. The summed E-state index contributed by atoms with van der Waals surface area (Å²) in [6, 6.07) is 8.76. The number of ketones is 1. The Balaban J connectivity index is 2.00. The molecule has 106 valence electrons. The Hall–Kier alpha value is -2.20. The van der Waals surface area contributed by atoms with Crippen LogP contribution in [0.4, 0.5) is 10.1 Å². The van der Waals surface area contributed by atoms with Crippen LogP contribution in [0, 0.1) is 5.82 Å². The number of nitrogens with zero attached hydrogens (tertiary/aromatic N) is 1. The van der Waals surface area contributed by atoms with Gasteiger partial charge < -0.3 is 4.90 Å². The maximum atomic E-state index is 13.0. The largest absolute Gasteiger partial charge is 0.315 e. The number of hydrogen-bond donors (Lipinski definition) is 0. The summed E-state index contributed by atoms with van der Waals surface area (Å²) < 4.78 is 13.0. The van der Waals surface area contributed by atoms with E-state index in [4.69, 9.17) is 11.6 Å². The zero-order valence-corrected chi connectivity index (χ0v) is 11.9. The second kappa shape index (κ2) is 4.97. The van der Waals surface area contributed by atoms with Crippen LogP contribution in [0.2, 0.25) is 5.02 Å². The summed E-state index contributed by atoms with van der Waals surface area (Å²) in [5.41, 5.74) is 2.30. The Kier molecular flexibility index (Phi) is 3.26. The van der Waals surface area contributed by atoms with Crippen LogP contribution in [0.25, 0.3) is 0 Å². The lowest BCUT2D eigenvalue weighted by Crippen LogP contribution is -2.20. The summed E-state index contributed by atoms with van der Waals surface area (Å²) in [6.07, 6.45) is 0.282. The normalized spacial score (nSPS) is 13.5. The van der Waals surface area contributed by atoms with Gasteiger partial charge in [-0.05, 0) is 42.0 Å². The molecule has 0 aliphatic carbocycles. The van der Waals surface area contributed by atoms with Gasteiger partial charge in [0.2, 0.25) is 5.91 Å². The molecule has 0 aromatic heterocycles. The second-order valence-corrected chi connectivity index (χ2v) is 5.33. The van der Waals surface area contributed by atoms with E-state index in [1.165, 1.54) is 12.1 Å². The van der Waals surface area contributed by atoms with E-state index in [9.17, 15) is 14.0 Å². The fourth-order valence-corrected chi connectivity index (χ4v) is 2.69. The average Bonchev–Trinajstić information content (AvgIpc) is 2.73. The summed E-state index contributed by atoms with van der Waals surface area (Å²) in [7, 11) is 1.70. The monoisotopic (exact) mass is 303 g/mol. The van der Waals surface area contributed by atoms with Crippen molar-refractivity contribution in [3.63, 3.8) is 0 Å². The predicted molar refractivity (Wildman–Crippen MR) is 78.4 cm³/mol. The van der Waals surface area contributed by atoms with Gasteiger partial charge in [0.15, 0.2) is 5.78 Å². The minimum atomic E-state index is -0.488. The third-order valence-electron chi connectivity index (χ3n) is 3.59. The molecule has 0 N–H and O–H groups in total. The Labute approximate surface area is 125 Å². The zero-order valence-electron chi connectivity index (χ0n) is 11.2. The molecule has 0 saturated carbocycles. The number of carbonyl (C=O) groups excluding carboxylic acids is 2. The number of amides is 1. The van der Waals surface area contributed by atoms with E-state index in [0.717, 1.165) is 17.3 Å². The molecular formula is C16H11ClFNO2. The highest BCUT2D eigenvalue weighted by atomic mass is 35.5. The molecule has 0 spiro atoms. The van der Waals surface area contributed by atoms with Gasteiger partial charge in [0.05, 0.1) is 11.4 Å². The first-order valence-electron chi connectivity index (χ1n) is 6.36. The van der Waals surface area contributed by atoms with Crippen LogP contribution in [-0.2, 0) is 11.2 Å². The lowest BCUT2D eigenvalue weighted by Gasteiger charge is -2.10. The first-order valence-corrected chi connectivity index (χ1v) is 6.74. The van der Waals surface area contributed by atoms with Gasteiger partial charge >= 0.3 is 0 Å². The number of benzene rings is 2. The van der Waals surface area contributed by atoms with Crippen LogP contribution < -0.4 is 4.90 Å². The zero-order chi connectivity index (χ0) is 15.1. The SMILES string of the molecule is CN1C(=O)Cc2cc(C(=O)c3ccc(F)cc3Cl)ccc21. The van der Waals surface area contributed by atoms with Crippen molar-refractivity contribution in [2.45, 2.75) is 6.42 Å². The molecule has 1 amide bonds. The highest BCUT2D eigenvalue weighted by Gasteiger charge is 2.25. The van der Waals surface area contributed by atoms with Crippen LogP contribution in [0.3, 0.4) is 0 Å². The quantitative estimate of drug-likeness (QED) is 0.799. The molecule has 0 radical (unpaired) electrons. The van der Waals surface area contributed by atoms with E-state index in [2.05, 4.69) is 0 Å². The molecule has 0 bridgehead atoms. The minimum Gasteiger partial charge on any atom is -0.315 e. The Morgan fingerprint density at radius 1 is 1.24 bits per heavy atom. The van der Waals surface area contributed by atoms with Crippen molar-refractivity contribution in [2.75, 3.05) is 11.9 Å². The van der Waals surface area contributed by atoms with Gasteiger partial charge in [-0.2, -0.15) is 0 Å². The second-order valence-electron chi connectivity index (χ2n) is 4.93. The van der Waals surface area contributed by atoms with Crippen molar-refractivity contribution in [3.05, 3.63) is 63.9 Å². The number of anilines is 1. The topological polar surface area (TPSA) is 37.4 Å². The van der Waals surface area contributed by atoms with E-state index in [0.29, 0.717) is 5.56 Å². The van der Waals surface area contributed by atoms with Gasteiger partial charge in [-0.15, -0.1) is 0 Å². The van der Waals surface area contributed by atoms with E-state index < -0.39 is 5.82 Å². The molecule has 1 aliphatic rings. The van der Waals surface area contributed by atoms with E-state index in [1.54, 1.807) is 30.1 Å². The number of likely N-dealkylation sites (N-methyl/N-ethyl adjacent to an activating group) is 1. The Morgan fingerprint density at radius 2 is 2.00 bits per heavy atom. The number of carbonyl (C=O) groups is 2. The third-order valence-corrected chi connectivity index (χ3v) is 3.91. The predicted octanol–water partition coefficient (Wildman–Crippen LogP) is 3.23. The van der Waals surface area contributed by atoms with E-state index >= 15 is 0 Å². The highest BCUT2D eigenvalue weighted by Crippen LogP contribution is 2.30. The summed E-state index contributed by atoms with van der Waals surface area (Å²) >= 11 is 5.91. The number of fused-ring (bicyclic) bond motifs is 1. The van der Waals surface area contributed by atoms with Crippen molar-refractivity contribution >= 4 is 29.0 Å². The molecule has 1 aliphatic heterocycles. The number of rotatable bonds is 2. The van der Waals surface area contributed by atoms with Gasteiger partial charge in [0.1, 0.15) is 5.82 Å². The average molecular weight is 304 g/mol. The van der Waals surface area contributed by atoms with Crippen molar-refractivity contribution in [2.24, 2.45) is 0 Å². The first kappa shape index (κ1) is 13.8. The molecule has 21 heavy (non-hydrogen) atoms. The molecule has 2 aromatic carbocycles. The fourth-order valence-electron chi connectivity index (χ4n) is 2.44. The standard InChI is InChI=1S/C16H11ClFNO2/c1-19-14-5-2-9(6-10(14)7-15(19)20)16(21)12-4-3-11(18)8-13(12)17/h2-6,8H,7H2,1H3. The van der Waals surface area contributed by atoms with Gasteiger partial charge in [0, 0.05) is 23.9 Å². The molecule has 0 atom stereocenters. The Morgan fingerprint density at radius 3 is 2.71 bits per heavy atom. The molecule has 0 unspecified atom stereocenters. The molecule has 2 aromatic rings. The van der Waals surface area contributed by atoms with Crippen molar-refractivity contribution in [3.8, 4) is 0 Å². The third kappa shape index (κ3) is 2.32. The van der Waals surface area contributed by atoms with Crippen LogP contribution in [0.15, 0.2) is 36.4 Å². The van der Waals surface area contributed by atoms with Crippen LogP contribution >= 0.6 is 11.6 Å². The van der Waals surface area contributed by atoms with Crippen LogP contribution in [-0.4, -0.2) is 18.7 Å². The number of halogens is 2. The molecule has 1 heterocycles. The van der Waals surface area contributed by atoms with Crippen molar-refractivity contribution < 1.29 is 14.0 Å². The molecule has 0 saturated heterocycles. The highest BCUT2D eigenvalue weighted by molar-refractivity contribution is 6.35. The molecular weight excluding hydrogens is 293 g/mol. The van der Waals surface area contributed by atoms with E-state index in [-0.39, 0.29) is 28.7 Å². The molecule has 3 rings (SSSR count). The summed E-state index contributed by atoms with van der Waals surface area (Å²) in [6.45, 7) is 0. The Bertz CT molecular complexity index is 773. The van der Waals surface area contributed by atoms with Gasteiger partial charge in [-0.25, -0.2) is 4.39 Å². The summed E-state index contributed by atoms with van der Waals surface area (Å²) in [4.78, 5) is 25.7. The van der Waals surface area contributed by atoms with Gasteiger partial charge in [-0.1, -0.05) is 11.6 Å². The fraction of sp³-hybridized carbons (Fsp3) is 0.125. The molecule has 0 fully saturated rings. The van der Waals surface area contributed by atoms with Crippen LogP contribution in [0.1, 0.15) is 21.5 Å². The minimum absolute atomic E-state index is 0.00517. The maximum absolute atomic E-state index is 13.0. The summed E-state index contributed by atoms with van der Waals surface area (Å²) in [5, 5.41) is 0.0775. The molecule has 3 nitrogen and oxygen atoms in total. The number of hydrogen-bond acceptors (Lipinski definition) is 2. The summed E-state index contributed by atoms with van der Waals surface area (Å²) in [5.74, 6) is -0.781. The van der Waals surface area contributed by atoms with Gasteiger partial charge in [0.25, 0.3) is 0 Å². The van der Waals surface area contributed by atoms with Crippen LogP contribution in [0.5, 0.6) is 0 Å². The first-order chi connectivity index (χ1) is 9.97. The lowest BCUT2D eigenvalue weighted by molar-refractivity contribution is -0.117. The van der Waals surface area contributed by atoms with Crippen molar-refractivity contribution in [1.29, 1.82) is 0 Å². The maximum Gasteiger partial charge on any atom is 0.231 e. The smallest absolute Gasteiger partial charge is 0.231 e. The van der Waals surface area contributed by atoms with Crippen molar-refractivity contribution in [1.82, 2.24) is 0 Å².